The van der Waals surface area contributed by atoms with Crippen LogP contribution in [0.5, 0.6) is 11.5 Å². The van der Waals surface area contributed by atoms with Gasteiger partial charge in [-0.05, 0) is 24.6 Å². The number of methoxy groups -OCH3 is 1. The van der Waals surface area contributed by atoms with Crippen LogP contribution in [0.2, 0.25) is 0 Å². The molecule has 24 heavy (non-hydrogen) atoms. The van der Waals surface area contributed by atoms with Crippen LogP contribution in [0, 0.1) is 11.3 Å². The van der Waals surface area contributed by atoms with Crippen LogP contribution in [0.1, 0.15) is 24.9 Å². The summed E-state index contributed by atoms with van der Waals surface area (Å²) in [6.45, 7) is 1.55. The van der Waals surface area contributed by atoms with Crippen molar-refractivity contribution in [3.8, 4) is 17.6 Å². The Morgan fingerprint density at radius 2 is 2.21 bits per heavy atom. The number of rotatable bonds is 5. The molecule has 0 aromatic heterocycles. The van der Waals surface area contributed by atoms with E-state index in [1.54, 1.807) is 13.0 Å². The predicted molar refractivity (Wildman–Crippen MR) is 83.0 cm³/mol. The third-order valence-corrected chi connectivity index (χ3v) is 3.47. The monoisotopic (exact) mass is 331 g/mol. The van der Waals surface area contributed by atoms with Gasteiger partial charge in [-0.3, -0.25) is 0 Å². The molecule has 1 aliphatic heterocycles. The number of nitriles is 1. The first-order valence-corrected chi connectivity index (χ1v) is 7.17. The van der Waals surface area contributed by atoms with Crippen molar-refractivity contribution in [3.05, 3.63) is 35.0 Å². The van der Waals surface area contributed by atoms with Gasteiger partial charge in [-0.15, -0.1) is 0 Å². The molecule has 1 aromatic carbocycles. The Hall–Kier alpha value is -3.21. The summed E-state index contributed by atoms with van der Waals surface area (Å²) in [5.74, 6) is -0.470. The van der Waals surface area contributed by atoms with Gasteiger partial charge < -0.3 is 25.2 Å². The normalized spacial score (nSPS) is 16.7. The van der Waals surface area contributed by atoms with E-state index in [1.165, 1.54) is 19.2 Å². The molecule has 0 spiro atoms. The van der Waals surface area contributed by atoms with E-state index < -0.39 is 18.0 Å². The van der Waals surface area contributed by atoms with E-state index in [9.17, 15) is 14.7 Å². The van der Waals surface area contributed by atoms with Gasteiger partial charge in [0.15, 0.2) is 11.5 Å². The van der Waals surface area contributed by atoms with E-state index in [0.717, 1.165) is 0 Å². The number of carbonyl (C=O) groups excluding carboxylic acids is 2. The minimum atomic E-state index is -0.761. The number of aromatic hydroxyl groups is 1. The summed E-state index contributed by atoms with van der Waals surface area (Å²) in [4.78, 5) is 24.1. The van der Waals surface area contributed by atoms with Crippen LogP contribution in [0.15, 0.2) is 29.5 Å². The average Bonchev–Trinajstić information content (AvgIpc) is 2.54. The number of phenolic OH excluding ortho intramolecular Hbond substituents is 1. The molecule has 0 radical (unpaired) electrons. The van der Waals surface area contributed by atoms with Crippen molar-refractivity contribution in [2.24, 2.45) is 0 Å². The predicted octanol–water partition coefficient (Wildman–Crippen LogP) is 1.49. The van der Waals surface area contributed by atoms with E-state index in [4.69, 9.17) is 14.7 Å². The van der Waals surface area contributed by atoms with Crippen molar-refractivity contribution < 1.29 is 24.2 Å². The lowest BCUT2D eigenvalue weighted by Gasteiger charge is -2.28. The number of carbonyl (C=O) groups is 2. The van der Waals surface area contributed by atoms with Gasteiger partial charge in [-0.2, -0.15) is 5.26 Å². The molecule has 2 amide bonds. The number of hydrogen-bond acceptors (Lipinski definition) is 6. The Bertz CT molecular complexity index is 736. The third-order valence-electron chi connectivity index (χ3n) is 3.47. The van der Waals surface area contributed by atoms with E-state index in [-0.39, 0.29) is 30.1 Å². The molecular formula is C16H17N3O5. The molecule has 126 valence electrons. The van der Waals surface area contributed by atoms with Gasteiger partial charge >= 0.3 is 12.0 Å². The highest BCUT2D eigenvalue weighted by molar-refractivity contribution is 5.95. The van der Waals surface area contributed by atoms with Crippen LogP contribution in [0.4, 0.5) is 4.79 Å². The van der Waals surface area contributed by atoms with Crippen molar-refractivity contribution in [1.82, 2.24) is 10.6 Å². The lowest BCUT2D eigenvalue weighted by Crippen LogP contribution is -2.45. The van der Waals surface area contributed by atoms with Crippen LogP contribution < -0.4 is 15.4 Å². The highest BCUT2D eigenvalue weighted by Gasteiger charge is 2.32. The van der Waals surface area contributed by atoms with Gasteiger partial charge in [0.1, 0.15) is 6.61 Å². The fourth-order valence-corrected chi connectivity index (χ4v) is 2.36. The fraction of sp³-hybridized carbons (Fsp3) is 0.312. The zero-order valence-electron chi connectivity index (χ0n) is 13.3. The quantitative estimate of drug-likeness (QED) is 0.555. The van der Waals surface area contributed by atoms with Crippen LogP contribution in [-0.2, 0) is 9.53 Å². The van der Waals surface area contributed by atoms with Crippen molar-refractivity contribution in [1.29, 1.82) is 5.26 Å². The third kappa shape index (κ3) is 3.57. The smallest absolute Gasteiger partial charge is 0.338 e. The van der Waals surface area contributed by atoms with E-state index >= 15 is 0 Å². The Morgan fingerprint density at radius 1 is 1.46 bits per heavy atom. The zero-order valence-corrected chi connectivity index (χ0v) is 13.3. The Morgan fingerprint density at radius 3 is 2.88 bits per heavy atom. The lowest BCUT2D eigenvalue weighted by molar-refractivity contribution is -0.139. The van der Waals surface area contributed by atoms with Crippen LogP contribution in [0.3, 0.4) is 0 Å². The Kier molecular flexibility index (Phi) is 5.27. The number of nitrogens with zero attached hydrogens (tertiary/aromatic N) is 1. The number of nitrogens with one attached hydrogen (secondary N) is 2. The van der Waals surface area contributed by atoms with Crippen LogP contribution in [0.25, 0.3) is 0 Å². The number of hydrogen-bond donors (Lipinski definition) is 3. The number of urea groups is 1. The molecule has 0 bridgehead atoms. The fourth-order valence-electron chi connectivity index (χ4n) is 2.36. The Balaban J connectivity index is 2.38. The first-order valence-electron chi connectivity index (χ1n) is 7.17. The number of benzene rings is 1. The largest absolute Gasteiger partial charge is 0.504 e. The molecule has 0 aliphatic carbocycles. The molecule has 1 atom stereocenters. The maximum atomic E-state index is 12.3. The van der Waals surface area contributed by atoms with Gasteiger partial charge in [0.05, 0.1) is 31.2 Å². The summed E-state index contributed by atoms with van der Waals surface area (Å²) in [6.07, 6.45) is 0.0789. The molecule has 8 nitrogen and oxygen atoms in total. The minimum absolute atomic E-state index is 0.0360. The number of amides is 2. The standard InChI is InChI=1S/C16H17N3O5/c1-9-13(15(21)24-7-3-6-17)14(19-16(22)18-9)10-4-5-11(20)12(8-10)23-2/h4-5,8,14,20H,3,7H2,1-2H3,(H2,18,19,22)/t14-/m0/s1. The first kappa shape index (κ1) is 17.1. The molecule has 0 unspecified atom stereocenters. The van der Waals surface area contributed by atoms with Gasteiger partial charge in [0, 0.05) is 5.70 Å². The summed E-state index contributed by atoms with van der Waals surface area (Å²) < 4.78 is 10.1. The van der Waals surface area contributed by atoms with E-state index in [0.29, 0.717) is 11.3 Å². The summed E-state index contributed by atoms with van der Waals surface area (Å²) in [6, 6.07) is 5.18. The second-order valence-corrected chi connectivity index (χ2v) is 5.05. The highest BCUT2D eigenvalue weighted by atomic mass is 16.5. The van der Waals surface area contributed by atoms with Crippen molar-refractivity contribution in [2.45, 2.75) is 19.4 Å². The Labute approximate surface area is 138 Å². The van der Waals surface area contributed by atoms with Crippen LogP contribution >= 0.6 is 0 Å². The highest BCUT2D eigenvalue weighted by Crippen LogP contribution is 2.33. The summed E-state index contributed by atoms with van der Waals surface area (Å²) in [7, 11) is 1.40. The lowest BCUT2D eigenvalue weighted by atomic mass is 9.95. The number of esters is 1. The second-order valence-electron chi connectivity index (χ2n) is 5.05. The molecule has 1 aliphatic rings. The molecule has 2 rings (SSSR count). The molecule has 8 heteroatoms. The number of phenols is 1. The van der Waals surface area contributed by atoms with Gasteiger partial charge in [-0.25, -0.2) is 9.59 Å². The SMILES string of the molecule is COc1cc([C@@H]2NC(=O)NC(C)=C2C(=O)OCCC#N)ccc1O. The molecule has 3 N–H and O–H groups in total. The summed E-state index contributed by atoms with van der Waals surface area (Å²) in [5.41, 5.74) is 1.13. The van der Waals surface area contributed by atoms with Gasteiger partial charge in [0.25, 0.3) is 0 Å². The van der Waals surface area contributed by atoms with E-state index in [1.807, 2.05) is 6.07 Å². The molecule has 1 heterocycles. The number of ether oxygens (including phenoxy) is 2. The number of allylic oxidation sites excluding steroid dienone is 1. The van der Waals surface area contributed by atoms with Gasteiger partial charge in [0.2, 0.25) is 0 Å². The first-order chi connectivity index (χ1) is 11.5. The summed E-state index contributed by atoms with van der Waals surface area (Å²) in [5, 5.41) is 23.4. The van der Waals surface area contributed by atoms with Gasteiger partial charge in [-0.1, -0.05) is 6.07 Å². The molecule has 0 saturated heterocycles. The topological polar surface area (TPSA) is 121 Å². The molecule has 1 aromatic rings. The molecule has 0 saturated carbocycles. The van der Waals surface area contributed by atoms with Crippen molar-refractivity contribution in [2.75, 3.05) is 13.7 Å². The summed E-state index contributed by atoms with van der Waals surface area (Å²) >= 11 is 0. The molecule has 0 fully saturated rings. The maximum Gasteiger partial charge on any atom is 0.338 e. The molecular weight excluding hydrogens is 314 g/mol. The second kappa shape index (κ2) is 7.37. The van der Waals surface area contributed by atoms with Crippen LogP contribution in [-0.4, -0.2) is 30.8 Å². The average molecular weight is 331 g/mol. The zero-order chi connectivity index (χ0) is 17.7. The maximum absolute atomic E-state index is 12.3. The minimum Gasteiger partial charge on any atom is -0.504 e. The van der Waals surface area contributed by atoms with Crippen molar-refractivity contribution >= 4 is 12.0 Å². The van der Waals surface area contributed by atoms with Crippen molar-refractivity contribution in [3.63, 3.8) is 0 Å². The van der Waals surface area contributed by atoms with E-state index in [2.05, 4.69) is 10.6 Å².